The summed E-state index contributed by atoms with van der Waals surface area (Å²) in [6, 6.07) is 1.15. The zero-order valence-corrected chi connectivity index (χ0v) is 6.88. The van der Waals surface area contributed by atoms with Crippen LogP contribution in [0.5, 0.6) is 0 Å². The van der Waals surface area contributed by atoms with Crippen LogP contribution < -0.4 is 10.9 Å². The molecular weight excluding hydrogens is 160 g/mol. The highest BCUT2D eigenvalue weighted by atomic mass is 16.5. The molecule has 0 saturated heterocycles. The van der Waals surface area contributed by atoms with Gasteiger partial charge in [-0.15, -0.1) is 0 Å². The van der Waals surface area contributed by atoms with Gasteiger partial charge in [-0.1, -0.05) is 0 Å². The van der Waals surface area contributed by atoms with Gasteiger partial charge >= 0.3 is 5.63 Å². The van der Waals surface area contributed by atoms with Gasteiger partial charge in [-0.3, -0.25) is 4.79 Å². The van der Waals surface area contributed by atoms with Crippen molar-refractivity contribution in [3.63, 3.8) is 0 Å². The number of nitrogens with one attached hydrogen (secondary N) is 2. The minimum Gasteiger partial charge on any atom is -0.348 e. The van der Waals surface area contributed by atoms with Gasteiger partial charge in [0.05, 0.1) is 6.07 Å². The highest BCUT2D eigenvalue weighted by molar-refractivity contribution is 5.92. The average Bonchev–Trinajstić information content (AvgIpc) is 2.34. The second-order valence-corrected chi connectivity index (χ2v) is 2.71. The standard InChI is InChI=1S/C7H10N2O3/c1-4(2)8-7(11)5-3-6(10)12-9-5/h3-4,9H,1-2H3,(H,8,11). The van der Waals surface area contributed by atoms with E-state index in [1.807, 2.05) is 13.8 Å². The van der Waals surface area contributed by atoms with Crippen LogP contribution in [-0.2, 0) is 0 Å². The molecule has 1 rings (SSSR count). The molecular formula is C7H10N2O3. The Morgan fingerprint density at radius 3 is 2.75 bits per heavy atom. The molecule has 0 bridgehead atoms. The fourth-order valence-corrected chi connectivity index (χ4v) is 0.734. The molecule has 1 aromatic heterocycles. The van der Waals surface area contributed by atoms with E-state index < -0.39 is 5.63 Å². The zero-order chi connectivity index (χ0) is 9.14. The van der Waals surface area contributed by atoms with Gasteiger partial charge in [0, 0.05) is 6.04 Å². The number of amides is 1. The van der Waals surface area contributed by atoms with Crippen LogP contribution in [0.25, 0.3) is 0 Å². The predicted octanol–water partition coefficient (Wildman–Crippen LogP) is 0.106. The maximum absolute atomic E-state index is 11.1. The molecule has 0 atom stereocenters. The number of aromatic nitrogens is 1. The Bertz CT molecular complexity index is 323. The van der Waals surface area contributed by atoms with Crippen molar-refractivity contribution in [2.45, 2.75) is 19.9 Å². The van der Waals surface area contributed by atoms with Crippen molar-refractivity contribution in [2.24, 2.45) is 0 Å². The van der Waals surface area contributed by atoms with E-state index in [-0.39, 0.29) is 17.6 Å². The third-order valence-corrected chi connectivity index (χ3v) is 1.19. The monoisotopic (exact) mass is 170 g/mol. The lowest BCUT2D eigenvalue weighted by Gasteiger charge is -2.04. The Labute approximate surface area is 68.7 Å². The van der Waals surface area contributed by atoms with Gasteiger partial charge in [0.1, 0.15) is 5.69 Å². The van der Waals surface area contributed by atoms with Crippen LogP contribution in [-0.4, -0.2) is 17.1 Å². The Morgan fingerprint density at radius 1 is 1.67 bits per heavy atom. The molecule has 0 unspecified atom stereocenters. The van der Waals surface area contributed by atoms with Crippen LogP contribution in [0.1, 0.15) is 24.3 Å². The largest absolute Gasteiger partial charge is 0.358 e. The molecule has 0 saturated carbocycles. The van der Waals surface area contributed by atoms with Crippen molar-refractivity contribution in [3.05, 3.63) is 22.2 Å². The molecule has 0 spiro atoms. The van der Waals surface area contributed by atoms with Crippen molar-refractivity contribution >= 4 is 5.91 Å². The summed E-state index contributed by atoms with van der Waals surface area (Å²) in [6.07, 6.45) is 0. The quantitative estimate of drug-likeness (QED) is 0.661. The van der Waals surface area contributed by atoms with E-state index in [0.29, 0.717) is 0 Å². The number of H-pyrrole nitrogens is 1. The van der Waals surface area contributed by atoms with Crippen LogP contribution >= 0.6 is 0 Å². The second kappa shape index (κ2) is 3.25. The maximum Gasteiger partial charge on any atom is 0.358 e. The van der Waals surface area contributed by atoms with Crippen molar-refractivity contribution in [1.29, 1.82) is 0 Å². The predicted molar refractivity (Wildman–Crippen MR) is 41.9 cm³/mol. The first-order valence-corrected chi connectivity index (χ1v) is 3.59. The van der Waals surface area contributed by atoms with E-state index in [1.54, 1.807) is 0 Å². The minimum absolute atomic E-state index is 0.0379. The van der Waals surface area contributed by atoms with E-state index in [1.165, 1.54) is 0 Å². The fourth-order valence-electron chi connectivity index (χ4n) is 0.734. The summed E-state index contributed by atoms with van der Waals surface area (Å²) in [5.41, 5.74) is -0.405. The molecule has 0 radical (unpaired) electrons. The number of carbonyl (C=O) groups excluding carboxylic acids is 1. The summed E-state index contributed by atoms with van der Waals surface area (Å²) >= 11 is 0. The highest BCUT2D eigenvalue weighted by Gasteiger charge is 2.09. The fraction of sp³-hybridized carbons (Fsp3) is 0.429. The van der Waals surface area contributed by atoms with Gasteiger partial charge in [-0.2, -0.15) is 0 Å². The molecule has 1 heterocycles. The van der Waals surface area contributed by atoms with E-state index >= 15 is 0 Å². The van der Waals surface area contributed by atoms with Crippen LogP contribution in [0.15, 0.2) is 15.4 Å². The highest BCUT2D eigenvalue weighted by Crippen LogP contribution is 1.90. The van der Waals surface area contributed by atoms with Crippen molar-refractivity contribution < 1.29 is 9.32 Å². The molecule has 1 amide bonds. The van der Waals surface area contributed by atoms with E-state index in [4.69, 9.17) is 0 Å². The molecule has 0 fully saturated rings. The number of rotatable bonds is 2. The number of aromatic amines is 1. The topological polar surface area (TPSA) is 75.1 Å². The number of carbonyl (C=O) groups is 1. The molecule has 0 aliphatic carbocycles. The molecule has 1 aromatic rings. The first kappa shape index (κ1) is 8.58. The van der Waals surface area contributed by atoms with Crippen LogP contribution in [0.3, 0.4) is 0 Å². The minimum atomic E-state index is -0.552. The third kappa shape index (κ3) is 1.98. The Kier molecular flexibility index (Phi) is 2.32. The summed E-state index contributed by atoms with van der Waals surface area (Å²) in [6.45, 7) is 3.66. The lowest BCUT2D eigenvalue weighted by atomic mass is 10.3. The molecule has 0 aliphatic rings. The first-order chi connectivity index (χ1) is 5.59. The normalized spacial score (nSPS) is 10.2. The van der Waals surface area contributed by atoms with Gasteiger partial charge in [0.15, 0.2) is 0 Å². The smallest absolute Gasteiger partial charge is 0.348 e. The summed E-state index contributed by atoms with van der Waals surface area (Å²) in [5, 5.41) is 4.81. The molecule has 12 heavy (non-hydrogen) atoms. The van der Waals surface area contributed by atoms with Gasteiger partial charge in [-0.05, 0) is 13.8 Å². The Balaban J connectivity index is 2.72. The Morgan fingerprint density at radius 2 is 2.33 bits per heavy atom. The van der Waals surface area contributed by atoms with Crippen molar-refractivity contribution in [2.75, 3.05) is 0 Å². The van der Waals surface area contributed by atoms with Crippen LogP contribution in [0.2, 0.25) is 0 Å². The van der Waals surface area contributed by atoms with Gasteiger partial charge in [-0.25, -0.2) is 9.95 Å². The van der Waals surface area contributed by atoms with Gasteiger partial charge in [0.2, 0.25) is 0 Å². The molecule has 0 aliphatic heterocycles. The maximum atomic E-state index is 11.1. The van der Waals surface area contributed by atoms with Crippen molar-refractivity contribution in [1.82, 2.24) is 10.5 Å². The van der Waals surface area contributed by atoms with Crippen LogP contribution in [0.4, 0.5) is 0 Å². The third-order valence-electron chi connectivity index (χ3n) is 1.19. The Hall–Kier alpha value is -1.52. The first-order valence-electron chi connectivity index (χ1n) is 3.59. The summed E-state index contributed by atoms with van der Waals surface area (Å²) in [5.74, 6) is -0.337. The average molecular weight is 170 g/mol. The molecule has 66 valence electrons. The number of hydrogen-bond donors (Lipinski definition) is 2. The van der Waals surface area contributed by atoms with Crippen LogP contribution in [0, 0.1) is 0 Å². The molecule has 5 heteroatoms. The molecule has 5 nitrogen and oxygen atoms in total. The second-order valence-electron chi connectivity index (χ2n) is 2.71. The number of hydrogen-bond acceptors (Lipinski definition) is 3. The zero-order valence-electron chi connectivity index (χ0n) is 6.88. The summed E-state index contributed by atoms with van der Waals surface area (Å²) in [7, 11) is 0. The van der Waals surface area contributed by atoms with E-state index in [2.05, 4.69) is 15.0 Å². The van der Waals surface area contributed by atoms with Gasteiger partial charge < -0.3 is 9.84 Å². The van der Waals surface area contributed by atoms with Gasteiger partial charge in [0.25, 0.3) is 5.91 Å². The molecule has 0 aromatic carbocycles. The molecule has 2 N–H and O–H groups in total. The lowest BCUT2D eigenvalue weighted by molar-refractivity contribution is 0.0934. The van der Waals surface area contributed by atoms with E-state index in [0.717, 1.165) is 6.07 Å². The summed E-state index contributed by atoms with van der Waals surface area (Å²) in [4.78, 5) is 21.6. The van der Waals surface area contributed by atoms with Crippen molar-refractivity contribution in [3.8, 4) is 0 Å². The SMILES string of the molecule is CC(C)NC(=O)c1cc(=O)o[nH]1. The summed E-state index contributed by atoms with van der Waals surface area (Å²) < 4.78 is 4.33. The lowest BCUT2D eigenvalue weighted by Crippen LogP contribution is -2.30. The van der Waals surface area contributed by atoms with E-state index in [9.17, 15) is 9.59 Å².